The largest absolute Gasteiger partial charge is 0.490 e. The minimum Gasteiger partial charge on any atom is -0.490 e. The molecular weight excluding hydrogens is 366 g/mol. The van der Waals surface area contributed by atoms with Gasteiger partial charge in [0.15, 0.2) is 0 Å². The van der Waals surface area contributed by atoms with Crippen LogP contribution in [0.5, 0.6) is 5.75 Å². The maximum Gasteiger partial charge on any atom is 0.220 e. The third kappa shape index (κ3) is 3.50. The lowest BCUT2D eigenvalue weighted by Crippen LogP contribution is -2.25. The number of aromatic nitrogens is 4. The fourth-order valence-corrected chi connectivity index (χ4v) is 4.13. The van der Waals surface area contributed by atoms with Gasteiger partial charge in [-0.3, -0.25) is 14.2 Å². The molecule has 2 aromatic heterocycles. The summed E-state index contributed by atoms with van der Waals surface area (Å²) in [6.45, 7) is 5.76. The van der Waals surface area contributed by atoms with Crippen molar-refractivity contribution in [2.24, 2.45) is 18.9 Å². The molecule has 5 rings (SSSR count). The highest BCUT2D eigenvalue weighted by atomic mass is 16.5. The Kier molecular flexibility index (Phi) is 4.33. The van der Waals surface area contributed by atoms with Gasteiger partial charge in [0.2, 0.25) is 5.91 Å². The number of hydrogen-bond donors (Lipinski definition) is 1. The number of hydrogen-bond acceptors (Lipinski definition) is 4. The smallest absolute Gasteiger partial charge is 0.220 e. The van der Waals surface area contributed by atoms with Crippen LogP contribution >= 0.6 is 0 Å². The van der Waals surface area contributed by atoms with Gasteiger partial charge < -0.3 is 10.1 Å². The molecule has 1 aromatic carbocycles. The zero-order valence-corrected chi connectivity index (χ0v) is 17.2. The number of carbonyl (C=O) groups excluding carboxylic acids is 1. The van der Waals surface area contributed by atoms with E-state index in [1.165, 1.54) is 12.8 Å². The molecule has 1 amide bonds. The summed E-state index contributed by atoms with van der Waals surface area (Å²) in [5.41, 5.74) is 4.12. The number of rotatable bonds is 6. The molecule has 1 saturated carbocycles. The molecule has 152 valence electrons. The molecule has 1 aliphatic heterocycles. The maximum absolute atomic E-state index is 11.6. The van der Waals surface area contributed by atoms with Crippen molar-refractivity contribution in [3.05, 3.63) is 30.2 Å². The summed E-state index contributed by atoms with van der Waals surface area (Å²) in [4.78, 5) is 11.6. The van der Waals surface area contributed by atoms with Crippen LogP contribution in [-0.4, -0.2) is 38.1 Å². The molecule has 1 saturated heterocycles. The minimum atomic E-state index is -0.0652. The van der Waals surface area contributed by atoms with E-state index in [1.807, 2.05) is 29.5 Å². The maximum atomic E-state index is 11.6. The van der Waals surface area contributed by atoms with Crippen LogP contribution in [0, 0.1) is 18.8 Å². The second-order valence-electron chi connectivity index (χ2n) is 8.56. The number of ether oxygens (including phenoxy) is 1. The standard InChI is InChI=1S/C22H27N5O2/c1-13-22-19(25-26(13)3)6-16(18-10-24-27(12-18)11-15-4-5-15)7-20(22)29-14(2)17-8-21(28)23-9-17/h6-7,10,12,14-15,17H,4-5,8-9,11H2,1-3H3,(H,23,28). The second kappa shape index (κ2) is 6.90. The molecule has 29 heavy (non-hydrogen) atoms. The molecule has 1 aliphatic carbocycles. The van der Waals surface area contributed by atoms with Crippen molar-refractivity contribution < 1.29 is 9.53 Å². The molecule has 2 atom stereocenters. The van der Waals surface area contributed by atoms with E-state index in [2.05, 4.69) is 40.8 Å². The predicted octanol–water partition coefficient (Wildman–Crippen LogP) is 3.06. The highest BCUT2D eigenvalue weighted by Gasteiger charge is 2.29. The molecule has 0 spiro atoms. The van der Waals surface area contributed by atoms with Crippen LogP contribution in [-0.2, 0) is 18.4 Å². The molecule has 1 N–H and O–H groups in total. The number of nitrogens with zero attached hydrogens (tertiary/aromatic N) is 4. The molecule has 0 radical (unpaired) electrons. The van der Waals surface area contributed by atoms with E-state index in [-0.39, 0.29) is 17.9 Å². The Hall–Kier alpha value is -2.83. The lowest BCUT2D eigenvalue weighted by atomic mass is 10.0. The Morgan fingerprint density at radius 2 is 2.14 bits per heavy atom. The Bertz CT molecular complexity index is 1080. The summed E-state index contributed by atoms with van der Waals surface area (Å²) in [6.07, 6.45) is 7.11. The van der Waals surface area contributed by atoms with Crippen molar-refractivity contribution in [1.29, 1.82) is 0 Å². The van der Waals surface area contributed by atoms with Crippen LogP contribution in [0.4, 0.5) is 0 Å². The first kappa shape index (κ1) is 18.2. The fraction of sp³-hybridized carbons (Fsp3) is 0.500. The van der Waals surface area contributed by atoms with Crippen molar-refractivity contribution in [2.75, 3.05) is 6.54 Å². The molecule has 7 heteroatoms. The van der Waals surface area contributed by atoms with E-state index in [4.69, 9.17) is 4.74 Å². The van der Waals surface area contributed by atoms with Gasteiger partial charge in [0.05, 0.1) is 17.1 Å². The third-order valence-corrected chi connectivity index (χ3v) is 6.28. The number of fused-ring (bicyclic) bond motifs is 1. The Morgan fingerprint density at radius 1 is 1.31 bits per heavy atom. The van der Waals surface area contributed by atoms with Crippen LogP contribution in [0.2, 0.25) is 0 Å². The average Bonchev–Trinajstić information content (AvgIpc) is 3.07. The van der Waals surface area contributed by atoms with Crippen LogP contribution in [0.25, 0.3) is 22.0 Å². The van der Waals surface area contributed by atoms with Crippen LogP contribution in [0.15, 0.2) is 24.5 Å². The van der Waals surface area contributed by atoms with E-state index in [1.54, 1.807) is 0 Å². The fourth-order valence-electron chi connectivity index (χ4n) is 4.13. The van der Waals surface area contributed by atoms with Crippen molar-refractivity contribution in [3.8, 4) is 16.9 Å². The molecule has 3 aromatic rings. The Morgan fingerprint density at radius 3 is 2.86 bits per heavy atom. The van der Waals surface area contributed by atoms with Crippen LogP contribution < -0.4 is 10.1 Å². The van der Waals surface area contributed by atoms with Gasteiger partial charge in [0.1, 0.15) is 11.9 Å². The summed E-state index contributed by atoms with van der Waals surface area (Å²) in [5, 5.41) is 13.2. The number of amides is 1. The minimum absolute atomic E-state index is 0.0652. The molecule has 3 heterocycles. The van der Waals surface area contributed by atoms with Crippen LogP contribution in [0.1, 0.15) is 31.9 Å². The zero-order chi connectivity index (χ0) is 20.1. The quantitative estimate of drug-likeness (QED) is 0.699. The van der Waals surface area contributed by atoms with Crippen LogP contribution in [0.3, 0.4) is 0 Å². The van der Waals surface area contributed by atoms with Gasteiger partial charge in [-0.2, -0.15) is 10.2 Å². The highest BCUT2D eigenvalue weighted by Crippen LogP contribution is 2.36. The zero-order valence-electron chi connectivity index (χ0n) is 17.2. The van der Waals surface area contributed by atoms with E-state index in [0.29, 0.717) is 13.0 Å². The molecule has 0 bridgehead atoms. The van der Waals surface area contributed by atoms with Gasteiger partial charge in [0.25, 0.3) is 0 Å². The normalized spacial score (nSPS) is 20.2. The van der Waals surface area contributed by atoms with Crippen molar-refractivity contribution >= 4 is 16.8 Å². The number of benzene rings is 1. The van der Waals surface area contributed by atoms with Crippen molar-refractivity contribution in [3.63, 3.8) is 0 Å². The van der Waals surface area contributed by atoms with Gasteiger partial charge in [-0.25, -0.2) is 0 Å². The second-order valence-corrected chi connectivity index (χ2v) is 8.56. The summed E-state index contributed by atoms with van der Waals surface area (Å²) in [7, 11) is 1.95. The molecule has 7 nitrogen and oxygen atoms in total. The summed E-state index contributed by atoms with van der Waals surface area (Å²) in [6, 6.07) is 4.20. The topological polar surface area (TPSA) is 74.0 Å². The van der Waals surface area contributed by atoms with Crippen molar-refractivity contribution in [1.82, 2.24) is 24.9 Å². The van der Waals surface area contributed by atoms with Gasteiger partial charge in [-0.1, -0.05) is 0 Å². The van der Waals surface area contributed by atoms with E-state index in [9.17, 15) is 4.79 Å². The first-order valence-electron chi connectivity index (χ1n) is 10.4. The Balaban J connectivity index is 1.50. The van der Waals surface area contributed by atoms with Gasteiger partial charge in [0, 0.05) is 49.9 Å². The Labute approximate surface area is 170 Å². The molecule has 2 aliphatic rings. The highest BCUT2D eigenvalue weighted by molar-refractivity contribution is 5.92. The number of carbonyl (C=O) groups is 1. The lowest BCUT2D eigenvalue weighted by Gasteiger charge is -2.20. The number of aryl methyl sites for hydroxylation is 2. The predicted molar refractivity (Wildman–Crippen MR) is 111 cm³/mol. The SMILES string of the molecule is Cc1c2c(OC(C)C3CNC(=O)C3)cc(-c3cnn(CC4CC4)c3)cc2nn1C. The summed E-state index contributed by atoms with van der Waals surface area (Å²) in [5.74, 6) is 1.89. The third-order valence-electron chi connectivity index (χ3n) is 6.28. The first-order chi connectivity index (χ1) is 14.0. The first-order valence-corrected chi connectivity index (χ1v) is 10.4. The van der Waals surface area contributed by atoms with E-state index < -0.39 is 0 Å². The van der Waals surface area contributed by atoms with Crippen molar-refractivity contribution in [2.45, 2.75) is 45.8 Å². The molecule has 2 fully saturated rings. The van der Waals surface area contributed by atoms with E-state index >= 15 is 0 Å². The van der Waals surface area contributed by atoms with E-state index in [0.717, 1.165) is 45.9 Å². The summed E-state index contributed by atoms with van der Waals surface area (Å²) >= 11 is 0. The molecule has 2 unspecified atom stereocenters. The number of nitrogens with one attached hydrogen (secondary N) is 1. The average molecular weight is 393 g/mol. The molecular formula is C22H27N5O2. The van der Waals surface area contributed by atoms with Gasteiger partial charge in [-0.15, -0.1) is 0 Å². The summed E-state index contributed by atoms with van der Waals surface area (Å²) < 4.78 is 10.4. The van der Waals surface area contributed by atoms with Gasteiger partial charge in [-0.05, 0) is 50.3 Å². The lowest BCUT2D eigenvalue weighted by molar-refractivity contribution is -0.119. The monoisotopic (exact) mass is 393 g/mol. The van der Waals surface area contributed by atoms with Gasteiger partial charge >= 0.3 is 0 Å².